The number of rotatable bonds is 2. The average Bonchev–Trinajstić information content (AvgIpc) is 2.56. The summed E-state index contributed by atoms with van der Waals surface area (Å²) in [4.78, 5) is 6.87. The summed E-state index contributed by atoms with van der Waals surface area (Å²) in [5.41, 5.74) is 0. The number of benzene rings is 1. The first kappa shape index (κ1) is 9.55. The summed E-state index contributed by atoms with van der Waals surface area (Å²) >= 11 is 8.97. The van der Waals surface area contributed by atoms with Crippen molar-refractivity contribution in [3.63, 3.8) is 0 Å². The first-order valence-corrected chi connectivity index (χ1v) is 5.05. The third-order valence-electron chi connectivity index (χ3n) is 1.55. The molecule has 0 fully saturated rings. The Morgan fingerprint density at radius 2 is 2.00 bits per heavy atom. The lowest BCUT2D eigenvalue weighted by Gasteiger charge is -2.00. The van der Waals surface area contributed by atoms with Gasteiger partial charge in [0.25, 0.3) is 6.01 Å². The van der Waals surface area contributed by atoms with Gasteiger partial charge in [0.05, 0.1) is 6.20 Å². The van der Waals surface area contributed by atoms with Gasteiger partial charge in [-0.15, -0.1) is 0 Å². The Morgan fingerprint density at radius 3 is 2.57 bits per heavy atom. The monoisotopic (exact) mass is 272 g/mol. The molecule has 1 aromatic heterocycles. The van der Waals surface area contributed by atoms with Crippen LogP contribution in [0.4, 0.5) is 0 Å². The molecule has 0 atom stereocenters. The maximum Gasteiger partial charge on any atom is 0.299 e. The van der Waals surface area contributed by atoms with Crippen molar-refractivity contribution in [2.24, 2.45) is 0 Å². The zero-order valence-corrected chi connectivity index (χ0v) is 9.34. The molecule has 5 heteroatoms. The van der Waals surface area contributed by atoms with Crippen molar-refractivity contribution in [2.75, 3.05) is 0 Å². The number of hydrogen-bond acceptors (Lipinski definition) is 2. The van der Waals surface area contributed by atoms with E-state index in [-0.39, 0.29) is 0 Å². The third kappa shape index (κ3) is 2.27. The molecule has 0 saturated heterocycles. The molecule has 0 aliphatic heterocycles. The minimum Gasteiger partial charge on any atom is -0.426 e. The number of nitrogens with zero attached hydrogens (tertiary/aromatic N) is 1. The highest BCUT2D eigenvalue weighted by Crippen LogP contribution is 2.21. The Labute approximate surface area is 94.2 Å². The van der Waals surface area contributed by atoms with E-state index in [1.165, 1.54) is 0 Å². The molecule has 1 aromatic carbocycles. The van der Waals surface area contributed by atoms with Crippen molar-refractivity contribution in [3.05, 3.63) is 40.1 Å². The smallest absolute Gasteiger partial charge is 0.299 e. The molecule has 1 heterocycles. The van der Waals surface area contributed by atoms with Crippen LogP contribution in [0, 0.1) is 0 Å². The number of nitrogens with one attached hydrogen (secondary N) is 1. The number of ether oxygens (including phenoxy) is 1. The number of aromatic amines is 1. The molecule has 0 aliphatic rings. The van der Waals surface area contributed by atoms with E-state index in [1.54, 1.807) is 30.5 Å². The lowest BCUT2D eigenvalue weighted by atomic mass is 10.3. The third-order valence-corrected chi connectivity index (χ3v) is 2.20. The number of halogens is 2. The number of imidazole rings is 1. The van der Waals surface area contributed by atoms with Crippen LogP contribution in [-0.4, -0.2) is 9.97 Å². The molecule has 0 saturated carbocycles. The molecule has 0 aliphatic carbocycles. The second kappa shape index (κ2) is 4.02. The number of H-pyrrole nitrogens is 1. The molecule has 0 amide bonds. The fraction of sp³-hybridized carbons (Fsp3) is 0. The number of aromatic nitrogens is 2. The minimum absolute atomic E-state index is 0.444. The second-order valence-electron chi connectivity index (χ2n) is 2.59. The first-order chi connectivity index (χ1) is 6.74. The summed E-state index contributed by atoms with van der Waals surface area (Å²) in [6.07, 6.45) is 1.63. The predicted octanol–water partition coefficient (Wildman–Crippen LogP) is 3.62. The molecule has 0 bridgehead atoms. The fourth-order valence-corrected chi connectivity index (χ4v) is 1.35. The lowest BCUT2D eigenvalue weighted by molar-refractivity contribution is 0.447. The van der Waals surface area contributed by atoms with Crippen molar-refractivity contribution < 1.29 is 4.74 Å². The first-order valence-electron chi connectivity index (χ1n) is 3.88. The molecular formula is C9H6BrClN2O. The summed E-state index contributed by atoms with van der Waals surface area (Å²) in [6, 6.07) is 7.51. The largest absolute Gasteiger partial charge is 0.426 e. The van der Waals surface area contributed by atoms with Gasteiger partial charge in [-0.3, -0.25) is 0 Å². The molecule has 0 spiro atoms. The molecule has 72 valence electrons. The average molecular weight is 274 g/mol. The molecule has 3 nitrogen and oxygen atoms in total. The van der Waals surface area contributed by atoms with Crippen molar-refractivity contribution in [3.8, 4) is 11.8 Å². The SMILES string of the molecule is Clc1ccc(Oc2ncc(Br)[nH]2)cc1. The van der Waals surface area contributed by atoms with Crippen LogP contribution in [0.1, 0.15) is 0 Å². The second-order valence-corrected chi connectivity index (χ2v) is 3.88. The van der Waals surface area contributed by atoms with Crippen LogP contribution in [0.15, 0.2) is 35.1 Å². The summed E-state index contributed by atoms with van der Waals surface area (Å²) < 4.78 is 6.18. The summed E-state index contributed by atoms with van der Waals surface area (Å²) in [5, 5.41) is 0.679. The number of hydrogen-bond donors (Lipinski definition) is 1. The van der Waals surface area contributed by atoms with E-state index in [0.717, 1.165) is 4.60 Å². The minimum atomic E-state index is 0.444. The Bertz CT molecular complexity index is 427. The van der Waals surface area contributed by atoms with Gasteiger partial charge in [0.2, 0.25) is 0 Å². The summed E-state index contributed by atoms with van der Waals surface area (Å²) in [6.45, 7) is 0. The molecule has 14 heavy (non-hydrogen) atoms. The van der Waals surface area contributed by atoms with Crippen molar-refractivity contribution in [1.82, 2.24) is 9.97 Å². The van der Waals surface area contributed by atoms with Gasteiger partial charge in [-0.1, -0.05) is 11.6 Å². The molecule has 2 rings (SSSR count). The zero-order valence-electron chi connectivity index (χ0n) is 7.00. The van der Waals surface area contributed by atoms with Crippen LogP contribution in [0.2, 0.25) is 5.02 Å². The van der Waals surface area contributed by atoms with Gasteiger partial charge in [-0.2, -0.15) is 0 Å². The van der Waals surface area contributed by atoms with Gasteiger partial charge in [-0.25, -0.2) is 4.98 Å². The Morgan fingerprint density at radius 1 is 1.29 bits per heavy atom. The van der Waals surface area contributed by atoms with E-state index in [9.17, 15) is 0 Å². The maximum atomic E-state index is 5.73. The van der Waals surface area contributed by atoms with Crippen LogP contribution in [0.25, 0.3) is 0 Å². The van der Waals surface area contributed by atoms with Crippen LogP contribution in [-0.2, 0) is 0 Å². The van der Waals surface area contributed by atoms with Crippen molar-refractivity contribution >= 4 is 27.5 Å². The van der Waals surface area contributed by atoms with Crippen molar-refractivity contribution in [2.45, 2.75) is 0 Å². The highest BCUT2D eigenvalue weighted by Gasteiger charge is 2.00. The Kier molecular flexibility index (Phi) is 2.74. The lowest BCUT2D eigenvalue weighted by Crippen LogP contribution is -1.84. The Hall–Kier alpha value is -1.00. The van der Waals surface area contributed by atoms with Gasteiger partial charge in [0.1, 0.15) is 10.4 Å². The highest BCUT2D eigenvalue weighted by atomic mass is 79.9. The predicted molar refractivity (Wildman–Crippen MR) is 57.8 cm³/mol. The van der Waals surface area contributed by atoms with Crippen molar-refractivity contribution in [1.29, 1.82) is 0 Å². The zero-order chi connectivity index (χ0) is 9.97. The topological polar surface area (TPSA) is 37.9 Å². The Balaban J connectivity index is 2.15. The van der Waals surface area contributed by atoms with E-state index in [0.29, 0.717) is 16.8 Å². The molecule has 2 aromatic rings. The van der Waals surface area contributed by atoms with Gasteiger partial charge < -0.3 is 9.72 Å². The molecular weight excluding hydrogens is 267 g/mol. The van der Waals surface area contributed by atoms with Gasteiger partial charge >= 0.3 is 0 Å². The van der Waals surface area contributed by atoms with E-state index in [1.807, 2.05) is 0 Å². The molecule has 1 N–H and O–H groups in total. The normalized spacial score (nSPS) is 10.1. The van der Waals surface area contributed by atoms with E-state index < -0.39 is 0 Å². The standard InChI is InChI=1S/C9H6BrClN2O/c10-8-5-12-9(13-8)14-7-3-1-6(11)2-4-7/h1-5H,(H,12,13). The summed E-state index contributed by atoms with van der Waals surface area (Å²) in [5.74, 6) is 0.691. The fourth-order valence-electron chi connectivity index (χ4n) is 0.948. The van der Waals surface area contributed by atoms with Gasteiger partial charge in [0.15, 0.2) is 0 Å². The quantitative estimate of drug-likeness (QED) is 0.907. The van der Waals surface area contributed by atoms with Gasteiger partial charge in [-0.05, 0) is 40.2 Å². The van der Waals surface area contributed by atoms with E-state index in [4.69, 9.17) is 16.3 Å². The van der Waals surface area contributed by atoms with Gasteiger partial charge in [0, 0.05) is 5.02 Å². The molecule has 0 radical (unpaired) electrons. The van der Waals surface area contributed by atoms with Crippen LogP contribution < -0.4 is 4.74 Å². The summed E-state index contributed by atoms with van der Waals surface area (Å²) in [7, 11) is 0. The van der Waals surface area contributed by atoms with E-state index in [2.05, 4.69) is 25.9 Å². The van der Waals surface area contributed by atoms with E-state index >= 15 is 0 Å². The van der Waals surface area contributed by atoms with Crippen LogP contribution in [0.3, 0.4) is 0 Å². The van der Waals surface area contributed by atoms with Crippen LogP contribution in [0.5, 0.6) is 11.8 Å². The highest BCUT2D eigenvalue weighted by molar-refractivity contribution is 9.10. The van der Waals surface area contributed by atoms with Crippen LogP contribution >= 0.6 is 27.5 Å². The molecule has 0 unspecified atom stereocenters. The maximum absolute atomic E-state index is 5.73.